The van der Waals surface area contributed by atoms with Crippen molar-refractivity contribution in [1.29, 1.82) is 0 Å². The van der Waals surface area contributed by atoms with Crippen LogP contribution in [0.4, 0.5) is 0 Å². The van der Waals surface area contributed by atoms with Crippen molar-refractivity contribution in [2.24, 2.45) is 22.4 Å². The van der Waals surface area contributed by atoms with Crippen LogP contribution in [0.15, 0.2) is 29.4 Å². The van der Waals surface area contributed by atoms with Crippen LogP contribution < -0.4 is 10.2 Å². The number of hydrazone groups is 1. The molecule has 3 rings (SSSR count). The first-order chi connectivity index (χ1) is 10.6. The van der Waals surface area contributed by atoms with Gasteiger partial charge in [-0.05, 0) is 60.9 Å². The summed E-state index contributed by atoms with van der Waals surface area (Å²) >= 11 is 0. The summed E-state index contributed by atoms with van der Waals surface area (Å²) in [6.45, 7) is 4.16. The monoisotopic (exact) mass is 300 g/mol. The van der Waals surface area contributed by atoms with Gasteiger partial charge in [-0.15, -0.1) is 0 Å². The number of fused-ring (bicyclic) bond motifs is 1. The Morgan fingerprint density at radius 3 is 2.64 bits per heavy atom. The SMILES string of the molecule is COc1ccc(/C(C)=N\NC(=O)[C@@H]2[C@H]3CCCC[C@]32C)cc1. The summed E-state index contributed by atoms with van der Waals surface area (Å²) in [7, 11) is 1.64. The van der Waals surface area contributed by atoms with Crippen LogP contribution in [0.1, 0.15) is 45.1 Å². The molecule has 0 spiro atoms. The lowest BCUT2D eigenvalue weighted by Gasteiger charge is -2.15. The van der Waals surface area contributed by atoms with Crippen LogP contribution in [0.2, 0.25) is 0 Å². The average Bonchev–Trinajstić information content (AvgIpc) is 3.18. The van der Waals surface area contributed by atoms with Gasteiger partial charge in [-0.3, -0.25) is 4.79 Å². The van der Waals surface area contributed by atoms with E-state index in [-0.39, 0.29) is 17.2 Å². The first-order valence-electron chi connectivity index (χ1n) is 8.05. The molecule has 1 amide bonds. The summed E-state index contributed by atoms with van der Waals surface area (Å²) in [6.07, 6.45) is 4.88. The molecule has 0 saturated heterocycles. The van der Waals surface area contributed by atoms with Crippen LogP contribution in [0.25, 0.3) is 0 Å². The fourth-order valence-corrected chi connectivity index (χ4v) is 3.96. The zero-order valence-electron chi connectivity index (χ0n) is 13.6. The second-order valence-corrected chi connectivity index (χ2v) is 6.74. The predicted molar refractivity (Wildman–Crippen MR) is 86.9 cm³/mol. The first kappa shape index (κ1) is 15.1. The van der Waals surface area contributed by atoms with Crippen molar-refractivity contribution >= 4 is 11.6 Å². The van der Waals surface area contributed by atoms with Gasteiger partial charge in [0.1, 0.15) is 5.75 Å². The highest BCUT2D eigenvalue weighted by Gasteiger charge is 2.64. The Morgan fingerprint density at radius 1 is 1.32 bits per heavy atom. The van der Waals surface area contributed by atoms with E-state index in [2.05, 4.69) is 17.5 Å². The molecule has 4 nitrogen and oxygen atoms in total. The summed E-state index contributed by atoms with van der Waals surface area (Å²) in [5.74, 6) is 1.62. The largest absolute Gasteiger partial charge is 0.497 e. The van der Waals surface area contributed by atoms with Crippen molar-refractivity contribution in [3.63, 3.8) is 0 Å². The molecule has 0 unspecified atom stereocenters. The van der Waals surface area contributed by atoms with Gasteiger partial charge in [-0.25, -0.2) is 5.43 Å². The highest BCUT2D eigenvalue weighted by atomic mass is 16.5. The maximum Gasteiger partial charge on any atom is 0.244 e. The van der Waals surface area contributed by atoms with Crippen LogP contribution >= 0.6 is 0 Å². The molecule has 0 bridgehead atoms. The number of methoxy groups -OCH3 is 1. The summed E-state index contributed by atoms with van der Waals surface area (Å²) < 4.78 is 5.14. The van der Waals surface area contributed by atoms with E-state index in [1.165, 1.54) is 25.7 Å². The molecule has 1 N–H and O–H groups in total. The molecular formula is C18H24N2O2. The van der Waals surface area contributed by atoms with Gasteiger partial charge in [0.05, 0.1) is 12.8 Å². The maximum atomic E-state index is 12.4. The molecule has 118 valence electrons. The van der Waals surface area contributed by atoms with Gasteiger partial charge >= 0.3 is 0 Å². The molecule has 2 saturated carbocycles. The number of nitrogens with zero attached hydrogens (tertiary/aromatic N) is 1. The van der Waals surface area contributed by atoms with Gasteiger partial charge in [-0.1, -0.05) is 19.8 Å². The number of carbonyl (C=O) groups is 1. The van der Waals surface area contributed by atoms with E-state index in [0.29, 0.717) is 5.92 Å². The Labute approximate surface area is 131 Å². The van der Waals surface area contributed by atoms with Gasteiger partial charge < -0.3 is 4.74 Å². The number of hydrogen-bond acceptors (Lipinski definition) is 3. The van der Waals surface area contributed by atoms with E-state index >= 15 is 0 Å². The third kappa shape index (κ3) is 2.62. The topological polar surface area (TPSA) is 50.7 Å². The molecule has 2 fully saturated rings. The Balaban J connectivity index is 1.62. The Morgan fingerprint density at radius 2 is 2.05 bits per heavy atom. The third-order valence-electron chi connectivity index (χ3n) is 5.46. The quantitative estimate of drug-likeness (QED) is 0.684. The summed E-state index contributed by atoms with van der Waals surface area (Å²) in [5.41, 5.74) is 4.80. The molecule has 1 aromatic rings. The van der Waals surface area contributed by atoms with E-state index < -0.39 is 0 Å². The number of hydrogen-bond donors (Lipinski definition) is 1. The minimum atomic E-state index is 0.0854. The second kappa shape index (κ2) is 5.75. The number of benzene rings is 1. The molecule has 0 aliphatic heterocycles. The molecule has 4 heteroatoms. The Bertz CT molecular complexity index is 594. The fraction of sp³-hybridized carbons (Fsp3) is 0.556. The van der Waals surface area contributed by atoms with Gasteiger partial charge in [-0.2, -0.15) is 5.10 Å². The highest BCUT2D eigenvalue weighted by Crippen LogP contribution is 2.66. The molecule has 1 aromatic carbocycles. The van der Waals surface area contributed by atoms with Crippen molar-refractivity contribution in [1.82, 2.24) is 5.43 Å². The second-order valence-electron chi connectivity index (χ2n) is 6.74. The van der Waals surface area contributed by atoms with Crippen LogP contribution in [-0.4, -0.2) is 18.7 Å². The molecule has 0 aromatic heterocycles. The standard InChI is InChI=1S/C18H24N2O2/c1-12(13-7-9-14(22-3)10-8-13)19-20-17(21)16-15-6-4-5-11-18(15,16)2/h7-10,15-16H,4-6,11H2,1-3H3,(H,20,21)/b19-12-/t15-,16+,18-/m1/s1. The number of amides is 1. The minimum Gasteiger partial charge on any atom is -0.497 e. The highest BCUT2D eigenvalue weighted by molar-refractivity contribution is 5.99. The average molecular weight is 300 g/mol. The van der Waals surface area contributed by atoms with Crippen LogP contribution in [0, 0.1) is 17.3 Å². The number of nitrogens with one attached hydrogen (secondary N) is 1. The van der Waals surface area contributed by atoms with Gasteiger partial charge in [0.15, 0.2) is 0 Å². The summed E-state index contributed by atoms with van der Waals surface area (Å²) in [5, 5.41) is 4.28. The molecule has 22 heavy (non-hydrogen) atoms. The summed E-state index contributed by atoms with van der Waals surface area (Å²) in [6, 6.07) is 7.68. The lowest BCUT2D eigenvalue weighted by molar-refractivity contribution is -0.123. The van der Waals surface area contributed by atoms with Gasteiger partial charge in [0, 0.05) is 5.92 Å². The van der Waals surface area contributed by atoms with Crippen molar-refractivity contribution < 1.29 is 9.53 Å². The zero-order chi connectivity index (χ0) is 15.7. The molecular weight excluding hydrogens is 276 g/mol. The minimum absolute atomic E-state index is 0.0854. The van der Waals surface area contributed by atoms with Crippen molar-refractivity contribution in [2.75, 3.05) is 7.11 Å². The number of ether oxygens (including phenoxy) is 1. The smallest absolute Gasteiger partial charge is 0.244 e. The maximum absolute atomic E-state index is 12.4. The van der Waals surface area contributed by atoms with Gasteiger partial charge in [0.25, 0.3) is 0 Å². The predicted octanol–water partition coefficient (Wildman–Crippen LogP) is 3.36. The zero-order valence-corrected chi connectivity index (χ0v) is 13.6. The Hall–Kier alpha value is -1.84. The fourth-order valence-electron chi connectivity index (χ4n) is 3.96. The number of rotatable bonds is 4. The van der Waals surface area contributed by atoms with E-state index in [1.807, 2.05) is 31.2 Å². The lowest BCUT2D eigenvalue weighted by atomic mass is 9.90. The van der Waals surface area contributed by atoms with Gasteiger partial charge in [0.2, 0.25) is 5.91 Å². The molecule has 0 heterocycles. The molecule has 3 atom stereocenters. The van der Waals surface area contributed by atoms with Crippen LogP contribution in [0.3, 0.4) is 0 Å². The molecule has 0 radical (unpaired) electrons. The van der Waals surface area contributed by atoms with Crippen molar-refractivity contribution in [3.05, 3.63) is 29.8 Å². The summed E-state index contributed by atoms with van der Waals surface area (Å²) in [4.78, 5) is 12.4. The van der Waals surface area contributed by atoms with E-state index in [4.69, 9.17) is 4.74 Å². The van der Waals surface area contributed by atoms with Crippen molar-refractivity contribution in [2.45, 2.75) is 39.5 Å². The number of carbonyl (C=O) groups excluding carboxylic acids is 1. The van der Waals surface area contributed by atoms with Crippen LogP contribution in [0.5, 0.6) is 5.75 Å². The molecule has 2 aliphatic carbocycles. The van der Waals surface area contributed by atoms with Crippen molar-refractivity contribution in [3.8, 4) is 5.75 Å². The third-order valence-corrected chi connectivity index (χ3v) is 5.46. The Kier molecular flexibility index (Phi) is 3.94. The van der Waals surface area contributed by atoms with E-state index in [0.717, 1.165) is 17.0 Å². The van der Waals surface area contributed by atoms with Crippen LogP contribution in [-0.2, 0) is 4.79 Å². The molecule has 2 aliphatic rings. The lowest BCUT2D eigenvalue weighted by Crippen LogP contribution is -2.23. The van der Waals surface area contributed by atoms with E-state index in [1.54, 1.807) is 7.11 Å². The van der Waals surface area contributed by atoms with E-state index in [9.17, 15) is 4.79 Å². The first-order valence-corrected chi connectivity index (χ1v) is 8.05. The normalized spacial score (nSPS) is 30.4.